The van der Waals surface area contributed by atoms with E-state index in [4.69, 9.17) is 4.74 Å². The van der Waals surface area contributed by atoms with Gasteiger partial charge in [-0.3, -0.25) is 0 Å². The Bertz CT molecular complexity index is 413. The zero-order valence-corrected chi connectivity index (χ0v) is 13.1. The van der Waals surface area contributed by atoms with Crippen molar-refractivity contribution in [2.45, 2.75) is 33.2 Å². The van der Waals surface area contributed by atoms with Gasteiger partial charge in [0.05, 0.1) is 6.61 Å². The molecule has 1 aromatic rings. The normalized spacial score (nSPS) is 19.1. The van der Waals surface area contributed by atoms with Gasteiger partial charge in [0.2, 0.25) is 0 Å². The van der Waals surface area contributed by atoms with Gasteiger partial charge >= 0.3 is 0 Å². The highest BCUT2D eigenvalue weighted by Gasteiger charge is 2.16. The van der Waals surface area contributed by atoms with Crippen LogP contribution < -0.4 is 10.2 Å². The lowest BCUT2D eigenvalue weighted by Crippen LogP contribution is -2.30. The fourth-order valence-electron chi connectivity index (χ4n) is 2.82. The summed E-state index contributed by atoms with van der Waals surface area (Å²) in [6.07, 6.45) is 2.50. The Kier molecular flexibility index (Phi) is 5.86. The van der Waals surface area contributed by atoms with Crippen molar-refractivity contribution in [3.63, 3.8) is 0 Å². The molecule has 112 valence electrons. The van der Waals surface area contributed by atoms with Gasteiger partial charge in [-0.1, -0.05) is 13.0 Å². The number of benzene rings is 1. The largest absolute Gasteiger partial charge is 0.381 e. The second-order valence-electron chi connectivity index (χ2n) is 5.85. The van der Waals surface area contributed by atoms with Crippen molar-refractivity contribution in [1.82, 2.24) is 5.32 Å². The molecule has 2 rings (SSSR count). The van der Waals surface area contributed by atoms with Crippen molar-refractivity contribution in [2.75, 3.05) is 38.3 Å². The molecular weight excluding hydrogens is 248 g/mol. The number of hydrogen-bond donors (Lipinski definition) is 1. The summed E-state index contributed by atoms with van der Waals surface area (Å²) in [5.41, 5.74) is 4.08. The average molecular weight is 276 g/mol. The summed E-state index contributed by atoms with van der Waals surface area (Å²) in [4.78, 5) is 2.36. The van der Waals surface area contributed by atoms with Gasteiger partial charge in [-0.05, 0) is 55.5 Å². The van der Waals surface area contributed by atoms with E-state index in [2.05, 4.69) is 49.3 Å². The quantitative estimate of drug-likeness (QED) is 0.864. The van der Waals surface area contributed by atoms with E-state index in [9.17, 15) is 0 Å². The predicted octanol–water partition coefficient (Wildman–Crippen LogP) is 2.97. The molecule has 3 heteroatoms. The molecule has 0 amide bonds. The maximum atomic E-state index is 5.57. The van der Waals surface area contributed by atoms with Crippen LogP contribution >= 0.6 is 0 Å². The molecule has 1 aliphatic heterocycles. The predicted molar refractivity (Wildman–Crippen MR) is 85.4 cm³/mol. The van der Waals surface area contributed by atoms with Crippen molar-refractivity contribution < 1.29 is 4.74 Å². The van der Waals surface area contributed by atoms with E-state index in [-0.39, 0.29) is 0 Å². The summed E-state index contributed by atoms with van der Waals surface area (Å²) in [6, 6.07) is 6.79. The van der Waals surface area contributed by atoms with E-state index >= 15 is 0 Å². The highest BCUT2D eigenvalue weighted by atomic mass is 16.5. The number of hydrogen-bond acceptors (Lipinski definition) is 3. The topological polar surface area (TPSA) is 24.5 Å². The number of rotatable bonds is 6. The van der Waals surface area contributed by atoms with Crippen LogP contribution in [-0.2, 0) is 11.3 Å². The van der Waals surface area contributed by atoms with Crippen molar-refractivity contribution in [2.24, 2.45) is 5.92 Å². The van der Waals surface area contributed by atoms with Crippen molar-refractivity contribution in [1.29, 1.82) is 0 Å². The van der Waals surface area contributed by atoms with Gasteiger partial charge in [-0.15, -0.1) is 0 Å². The van der Waals surface area contributed by atoms with Crippen LogP contribution in [0.1, 0.15) is 30.9 Å². The third-order valence-corrected chi connectivity index (χ3v) is 4.12. The van der Waals surface area contributed by atoms with Crippen LogP contribution in [0.3, 0.4) is 0 Å². The molecule has 0 bridgehead atoms. The smallest absolute Gasteiger partial charge is 0.0511 e. The van der Waals surface area contributed by atoms with Crippen LogP contribution in [0.2, 0.25) is 0 Å². The number of anilines is 1. The van der Waals surface area contributed by atoms with E-state index < -0.39 is 0 Å². The monoisotopic (exact) mass is 276 g/mol. The van der Waals surface area contributed by atoms with Crippen molar-refractivity contribution >= 4 is 5.69 Å². The van der Waals surface area contributed by atoms with E-state index in [1.54, 1.807) is 0 Å². The summed E-state index contributed by atoms with van der Waals surface area (Å²) >= 11 is 0. The Morgan fingerprint density at radius 1 is 1.40 bits per heavy atom. The molecular formula is C17H28N2O. The highest BCUT2D eigenvalue weighted by Crippen LogP contribution is 2.21. The van der Waals surface area contributed by atoms with Gasteiger partial charge in [-0.2, -0.15) is 0 Å². The van der Waals surface area contributed by atoms with Gasteiger partial charge in [-0.25, -0.2) is 0 Å². The maximum Gasteiger partial charge on any atom is 0.0511 e. The van der Waals surface area contributed by atoms with Gasteiger partial charge in [0, 0.05) is 32.4 Å². The Balaban J connectivity index is 1.95. The first-order valence-corrected chi connectivity index (χ1v) is 7.79. The summed E-state index contributed by atoms with van der Waals surface area (Å²) in [5.74, 6) is 0.676. The minimum Gasteiger partial charge on any atom is -0.381 e. The molecule has 1 unspecified atom stereocenters. The van der Waals surface area contributed by atoms with Gasteiger partial charge < -0.3 is 15.0 Å². The second kappa shape index (κ2) is 7.65. The van der Waals surface area contributed by atoms with Gasteiger partial charge in [0.1, 0.15) is 0 Å². The average Bonchev–Trinajstić information content (AvgIpc) is 2.47. The number of ether oxygens (including phenoxy) is 1. The fraction of sp³-hybridized carbons (Fsp3) is 0.647. The lowest BCUT2D eigenvalue weighted by molar-refractivity contribution is 0.0576. The molecule has 1 aromatic carbocycles. The Labute approximate surface area is 123 Å². The molecule has 1 aliphatic rings. The van der Waals surface area contributed by atoms with Gasteiger partial charge in [0.25, 0.3) is 0 Å². The zero-order chi connectivity index (χ0) is 14.4. The van der Waals surface area contributed by atoms with Crippen LogP contribution in [-0.4, -0.2) is 33.4 Å². The molecule has 0 spiro atoms. The molecule has 3 nitrogen and oxygen atoms in total. The van der Waals surface area contributed by atoms with E-state index in [0.717, 1.165) is 32.8 Å². The second-order valence-corrected chi connectivity index (χ2v) is 5.85. The van der Waals surface area contributed by atoms with Gasteiger partial charge in [0.15, 0.2) is 0 Å². The van der Waals surface area contributed by atoms with E-state index in [1.165, 1.54) is 29.7 Å². The molecule has 0 aliphatic carbocycles. The Morgan fingerprint density at radius 3 is 2.90 bits per heavy atom. The highest BCUT2D eigenvalue weighted by molar-refractivity contribution is 5.50. The maximum absolute atomic E-state index is 5.57. The number of nitrogens with zero attached hydrogens (tertiary/aromatic N) is 1. The number of aryl methyl sites for hydroxylation is 1. The van der Waals surface area contributed by atoms with Crippen LogP contribution in [0.15, 0.2) is 18.2 Å². The first-order chi connectivity index (χ1) is 9.70. The molecule has 1 N–H and O–H groups in total. The van der Waals surface area contributed by atoms with Crippen LogP contribution in [0.5, 0.6) is 0 Å². The summed E-state index contributed by atoms with van der Waals surface area (Å²) in [7, 11) is 2.19. The van der Waals surface area contributed by atoms with Crippen molar-refractivity contribution in [3.05, 3.63) is 29.3 Å². The van der Waals surface area contributed by atoms with Crippen LogP contribution in [0.4, 0.5) is 5.69 Å². The van der Waals surface area contributed by atoms with E-state index in [0.29, 0.717) is 5.92 Å². The molecule has 0 saturated carbocycles. The Morgan fingerprint density at radius 2 is 2.25 bits per heavy atom. The minimum atomic E-state index is 0.676. The Hall–Kier alpha value is -1.06. The summed E-state index contributed by atoms with van der Waals surface area (Å²) < 4.78 is 5.57. The van der Waals surface area contributed by atoms with Crippen molar-refractivity contribution in [3.8, 4) is 0 Å². The first kappa shape index (κ1) is 15.3. The molecule has 1 saturated heterocycles. The molecule has 20 heavy (non-hydrogen) atoms. The molecule has 0 radical (unpaired) electrons. The standard InChI is InChI=1S/C17H28N2O/c1-4-18-11-16-7-8-17(10-14(16)2)19(3)12-15-6-5-9-20-13-15/h7-8,10,15,18H,4-6,9,11-13H2,1-3H3. The lowest BCUT2D eigenvalue weighted by atomic mass is 10.0. The summed E-state index contributed by atoms with van der Waals surface area (Å²) in [5, 5.41) is 3.39. The molecule has 1 fully saturated rings. The number of nitrogens with one attached hydrogen (secondary N) is 1. The third-order valence-electron chi connectivity index (χ3n) is 4.12. The SMILES string of the molecule is CCNCc1ccc(N(C)CC2CCCOC2)cc1C. The van der Waals surface area contributed by atoms with Crippen LogP contribution in [0.25, 0.3) is 0 Å². The minimum absolute atomic E-state index is 0.676. The lowest BCUT2D eigenvalue weighted by Gasteiger charge is -2.28. The fourth-order valence-corrected chi connectivity index (χ4v) is 2.82. The molecule has 1 heterocycles. The first-order valence-electron chi connectivity index (χ1n) is 7.79. The third kappa shape index (κ3) is 4.22. The molecule has 0 aromatic heterocycles. The summed E-state index contributed by atoms with van der Waals surface area (Å²) in [6.45, 7) is 9.27. The zero-order valence-electron chi connectivity index (χ0n) is 13.1. The van der Waals surface area contributed by atoms with Crippen LogP contribution in [0, 0.1) is 12.8 Å². The van der Waals surface area contributed by atoms with E-state index in [1.807, 2.05) is 0 Å². The molecule has 1 atom stereocenters.